The first-order valence-electron chi connectivity index (χ1n) is 12.5. The van der Waals surface area contributed by atoms with Crippen molar-refractivity contribution in [2.24, 2.45) is 5.92 Å². The van der Waals surface area contributed by atoms with Crippen LogP contribution in [0.5, 0.6) is 0 Å². The van der Waals surface area contributed by atoms with Crippen LogP contribution in [0.2, 0.25) is 0 Å². The number of benzene rings is 2. The van der Waals surface area contributed by atoms with Crippen LogP contribution in [0.25, 0.3) is 0 Å². The Labute approximate surface area is 209 Å². The number of fused-ring (bicyclic) bond motifs is 5. The fourth-order valence-corrected chi connectivity index (χ4v) is 6.29. The van der Waals surface area contributed by atoms with Crippen LogP contribution < -0.4 is 5.32 Å². The molecule has 0 saturated carbocycles. The average Bonchev–Trinajstić information content (AvgIpc) is 2.90. The highest BCUT2D eigenvalue weighted by molar-refractivity contribution is 5.91. The maximum Gasteiger partial charge on any atom is 0.348 e. The van der Waals surface area contributed by atoms with Gasteiger partial charge in [-0.1, -0.05) is 48.5 Å². The van der Waals surface area contributed by atoms with Crippen LogP contribution in [0, 0.1) is 5.92 Å². The van der Waals surface area contributed by atoms with Crippen molar-refractivity contribution in [1.82, 2.24) is 9.97 Å². The second-order valence-electron chi connectivity index (χ2n) is 10.3. The van der Waals surface area contributed by atoms with Gasteiger partial charge in [-0.05, 0) is 17.5 Å². The highest BCUT2D eigenvalue weighted by atomic mass is 16.6. The Balaban J connectivity index is 1.23. The topological polar surface area (TPSA) is 101 Å². The van der Waals surface area contributed by atoms with Crippen molar-refractivity contribution in [3.8, 4) is 0 Å². The molecule has 1 aromatic heterocycles. The summed E-state index contributed by atoms with van der Waals surface area (Å²) in [6.07, 6.45) is 6.63. The van der Waals surface area contributed by atoms with Gasteiger partial charge in [0, 0.05) is 29.9 Å². The van der Waals surface area contributed by atoms with Crippen molar-refractivity contribution in [1.29, 1.82) is 0 Å². The third kappa shape index (κ3) is 3.86. The van der Waals surface area contributed by atoms with Crippen LogP contribution in [-0.4, -0.2) is 63.7 Å². The van der Waals surface area contributed by atoms with Gasteiger partial charge in [-0.3, -0.25) is 4.79 Å². The fourth-order valence-electron chi connectivity index (χ4n) is 6.29. The number of carbonyl (C=O) groups excluding carboxylic acids is 2. The Morgan fingerprint density at radius 1 is 1.00 bits per heavy atom. The zero-order valence-electron chi connectivity index (χ0n) is 20.0. The predicted molar refractivity (Wildman–Crippen MR) is 132 cm³/mol. The quantitative estimate of drug-likeness (QED) is 0.425. The minimum atomic E-state index is -1.85. The number of rotatable bonds is 5. The lowest BCUT2D eigenvalue weighted by atomic mass is 9.74. The van der Waals surface area contributed by atoms with Crippen LogP contribution >= 0.6 is 0 Å². The van der Waals surface area contributed by atoms with E-state index in [4.69, 9.17) is 4.74 Å². The van der Waals surface area contributed by atoms with Gasteiger partial charge in [-0.2, -0.15) is 0 Å². The van der Waals surface area contributed by atoms with Crippen LogP contribution in [0.3, 0.4) is 0 Å². The molecule has 1 amide bonds. The minimum Gasteiger partial charge on any atom is -0.453 e. The number of carbonyl (C=O) groups is 2. The van der Waals surface area contributed by atoms with E-state index < -0.39 is 11.6 Å². The Morgan fingerprint density at radius 3 is 2.25 bits per heavy atom. The molecule has 184 valence electrons. The molecule has 2 aromatic carbocycles. The smallest absolute Gasteiger partial charge is 0.348 e. The summed E-state index contributed by atoms with van der Waals surface area (Å²) in [6, 6.07) is 15.1. The number of anilines is 1. The standard InChI is InChI=1S/C28H28N4O4/c33-26(31-22-14-29-18-30-15-22)17-32-11-9-19(10-12-32)25(16-32)36-27(34)28(35)23-7-3-1-5-20(23)13-21-6-2-4-8-24(21)28/h1-8,14-15,18-19,25,35H,9-13,16-17H2/p+1. The van der Waals surface area contributed by atoms with Gasteiger partial charge in [0.1, 0.15) is 12.9 Å². The fraction of sp³-hybridized carbons (Fsp3) is 0.357. The second kappa shape index (κ2) is 8.80. The second-order valence-corrected chi connectivity index (χ2v) is 10.3. The highest BCUT2D eigenvalue weighted by Crippen LogP contribution is 2.42. The number of piperidine rings is 3. The SMILES string of the molecule is O=C(C[N+]12CCC(CC1)C(OC(=O)C1(O)c3ccccc3Cc3ccccc31)C2)Nc1cncnc1. The molecule has 2 bridgehead atoms. The summed E-state index contributed by atoms with van der Waals surface area (Å²) in [6.45, 7) is 2.60. The lowest BCUT2D eigenvalue weighted by Crippen LogP contribution is -2.66. The number of ether oxygens (including phenoxy) is 1. The molecule has 8 heteroatoms. The maximum atomic E-state index is 13.8. The summed E-state index contributed by atoms with van der Waals surface area (Å²) in [4.78, 5) is 34.5. The summed E-state index contributed by atoms with van der Waals surface area (Å²) in [5.41, 5.74) is 1.73. The van der Waals surface area contributed by atoms with E-state index >= 15 is 0 Å². The van der Waals surface area contributed by atoms with E-state index in [9.17, 15) is 14.7 Å². The van der Waals surface area contributed by atoms with Gasteiger partial charge in [-0.25, -0.2) is 14.8 Å². The monoisotopic (exact) mass is 485 g/mol. The summed E-state index contributed by atoms with van der Waals surface area (Å²) in [5, 5.41) is 14.8. The van der Waals surface area contributed by atoms with Crippen molar-refractivity contribution in [2.45, 2.75) is 31.0 Å². The molecule has 1 unspecified atom stereocenters. The number of amides is 1. The number of esters is 1. The first-order valence-corrected chi connectivity index (χ1v) is 12.5. The third-order valence-corrected chi connectivity index (χ3v) is 8.11. The van der Waals surface area contributed by atoms with Crippen LogP contribution in [0.1, 0.15) is 35.1 Å². The van der Waals surface area contributed by atoms with E-state index in [2.05, 4.69) is 15.3 Å². The third-order valence-electron chi connectivity index (χ3n) is 8.11. The number of nitrogens with one attached hydrogen (secondary N) is 1. The number of quaternary nitrogens is 1. The van der Waals surface area contributed by atoms with Crippen molar-refractivity contribution < 1.29 is 23.9 Å². The number of aromatic nitrogens is 2. The minimum absolute atomic E-state index is 0.107. The molecule has 3 aliphatic heterocycles. The summed E-state index contributed by atoms with van der Waals surface area (Å²) in [7, 11) is 0. The lowest BCUT2D eigenvalue weighted by molar-refractivity contribution is -0.939. The molecule has 0 radical (unpaired) electrons. The first-order chi connectivity index (χ1) is 17.5. The predicted octanol–water partition coefficient (Wildman–Crippen LogP) is 2.41. The van der Waals surface area contributed by atoms with Crippen LogP contribution in [0.4, 0.5) is 5.69 Å². The van der Waals surface area contributed by atoms with E-state index in [1.165, 1.54) is 6.33 Å². The van der Waals surface area contributed by atoms with Crippen molar-refractivity contribution in [2.75, 3.05) is 31.5 Å². The molecule has 1 aliphatic carbocycles. The van der Waals surface area contributed by atoms with E-state index in [1.54, 1.807) is 12.4 Å². The molecule has 1 atom stereocenters. The largest absolute Gasteiger partial charge is 0.453 e. The number of hydrogen-bond acceptors (Lipinski definition) is 6. The Kier molecular flexibility index (Phi) is 5.58. The molecule has 3 saturated heterocycles. The molecule has 0 spiro atoms. The maximum absolute atomic E-state index is 13.8. The molecular formula is C28H29N4O4+. The Bertz CT molecular complexity index is 1260. The number of nitrogens with zero attached hydrogens (tertiary/aromatic N) is 3. The zero-order chi connectivity index (χ0) is 24.8. The van der Waals surface area contributed by atoms with Crippen molar-refractivity contribution in [3.63, 3.8) is 0 Å². The molecule has 36 heavy (non-hydrogen) atoms. The molecule has 3 fully saturated rings. The average molecular weight is 486 g/mol. The van der Waals surface area contributed by atoms with E-state index in [1.807, 2.05) is 48.5 Å². The van der Waals surface area contributed by atoms with Crippen LogP contribution in [-0.2, 0) is 26.3 Å². The molecule has 2 N–H and O–H groups in total. The van der Waals surface area contributed by atoms with Gasteiger partial charge in [0.05, 0.1) is 31.2 Å². The van der Waals surface area contributed by atoms with Gasteiger partial charge in [0.25, 0.3) is 5.91 Å². The molecule has 3 aromatic rings. The van der Waals surface area contributed by atoms with Gasteiger partial charge >= 0.3 is 5.97 Å². The van der Waals surface area contributed by atoms with Crippen molar-refractivity contribution in [3.05, 3.63) is 89.5 Å². The summed E-state index contributed by atoms with van der Waals surface area (Å²) in [5.74, 6) is -0.508. The molecular weight excluding hydrogens is 456 g/mol. The first kappa shape index (κ1) is 22.8. The number of hydrogen-bond donors (Lipinski definition) is 2. The van der Waals surface area contributed by atoms with E-state index in [0.717, 1.165) is 37.1 Å². The normalized spacial score (nSPS) is 25.4. The van der Waals surface area contributed by atoms with Gasteiger partial charge in [0.2, 0.25) is 5.60 Å². The Hall–Kier alpha value is -3.62. The molecule has 8 nitrogen and oxygen atoms in total. The zero-order valence-corrected chi connectivity index (χ0v) is 20.0. The number of aliphatic hydroxyl groups is 1. The Morgan fingerprint density at radius 2 is 1.61 bits per heavy atom. The lowest BCUT2D eigenvalue weighted by Gasteiger charge is -2.51. The van der Waals surface area contributed by atoms with Gasteiger partial charge in [-0.15, -0.1) is 0 Å². The molecule has 4 aliphatic rings. The molecule has 7 rings (SSSR count). The van der Waals surface area contributed by atoms with Crippen molar-refractivity contribution >= 4 is 17.6 Å². The van der Waals surface area contributed by atoms with E-state index in [0.29, 0.717) is 40.8 Å². The highest BCUT2D eigenvalue weighted by Gasteiger charge is 2.52. The summed E-state index contributed by atoms with van der Waals surface area (Å²) >= 11 is 0. The van der Waals surface area contributed by atoms with Gasteiger partial charge in [0.15, 0.2) is 12.6 Å². The summed E-state index contributed by atoms with van der Waals surface area (Å²) < 4.78 is 6.72. The van der Waals surface area contributed by atoms with E-state index in [-0.39, 0.29) is 17.9 Å². The van der Waals surface area contributed by atoms with Crippen LogP contribution in [0.15, 0.2) is 67.3 Å². The molecule has 4 heterocycles. The van der Waals surface area contributed by atoms with Gasteiger partial charge < -0.3 is 19.6 Å².